The fraction of sp³-hybridized carbons (Fsp3) is 0.308. The highest BCUT2D eigenvalue weighted by Gasteiger charge is 2.25. The number of H-pyrrole nitrogens is 2. The van der Waals surface area contributed by atoms with Crippen molar-refractivity contribution in [3.8, 4) is 0 Å². The Bertz CT molecular complexity index is 588. The van der Waals surface area contributed by atoms with E-state index < -0.39 is 17.6 Å². The molecule has 1 atom stereocenters. The molecule has 0 aliphatic heterocycles. The summed E-state index contributed by atoms with van der Waals surface area (Å²) >= 11 is 0. The van der Waals surface area contributed by atoms with Crippen LogP contribution in [0.4, 0.5) is 0 Å². The zero-order valence-electron chi connectivity index (χ0n) is 10.6. The van der Waals surface area contributed by atoms with Crippen LogP contribution in [0.15, 0.2) is 35.1 Å². The van der Waals surface area contributed by atoms with Crippen LogP contribution in [0.5, 0.6) is 0 Å². The molecule has 1 aromatic heterocycles. The normalized spacial score (nSPS) is 12.1. The fourth-order valence-electron chi connectivity index (χ4n) is 1.83. The molecule has 0 saturated carbocycles. The summed E-state index contributed by atoms with van der Waals surface area (Å²) < 4.78 is 5.03. The van der Waals surface area contributed by atoms with Crippen LogP contribution in [-0.4, -0.2) is 27.8 Å². The highest BCUT2D eigenvalue weighted by Crippen LogP contribution is 2.18. The number of carbonyl (C=O) groups excluding carboxylic acids is 1. The number of esters is 1. The Balaban J connectivity index is 2.24. The molecule has 2 aromatic rings. The number of benzene rings is 1. The maximum atomic E-state index is 12.0. The highest BCUT2D eigenvalue weighted by atomic mass is 16.5. The monoisotopic (exact) mass is 261 g/mol. The molecule has 2 N–H and O–H groups in total. The summed E-state index contributed by atoms with van der Waals surface area (Å²) in [5.74, 6) is -0.706. The molecule has 1 unspecified atom stereocenters. The van der Waals surface area contributed by atoms with Crippen molar-refractivity contribution in [2.24, 2.45) is 0 Å². The maximum absolute atomic E-state index is 12.0. The van der Waals surface area contributed by atoms with E-state index >= 15 is 0 Å². The van der Waals surface area contributed by atoms with Crippen molar-refractivity contribution < 1.29 is 9.53 Å². The Hall–Kier alpha value is -2.37. The Kier molecular flexibility index (Phi) is 4.12. The molecule has 0 fully saturated rings. The zero-order chi connectivity index (χ0) is 13.7. The molecule has 0 bridgehead atoms. The van der Waals surface area contributed by atoms with E-state index in [9.17, 15) is 9.59 Å². The predicted molar refractivity (Wildman–Crippen MR) is 68.7 cm³/mol. The molecule has 0 aliphatic rings. The summed E-state index contributed by atoms with van der Waals surface area (Å²) in [6, 6.07) is 9.52. The minimum Gasteiger partial charge on any atom is -0.465 e. The van der Waals surface area contributed by atoms with E-state index in [-0.39, 0.29) is 0 Å². The van der Waals surface area contributed by atoms with E-state index in [1.54, 1.807) is 6.92 Å². The number of nitrogens with zero attached hydrogens (tertiary/aromatic N) is 1. The standard InChI is InChI=1S/C13H15N3O3/c1-2-19-12(17)10(11-14-13(18)16-15-11)8-9-6-4-3-5-7-9/h3-7,10H,2,8H2,1H3,(H2,14,15,16,18). The van der Waals surface area contributed by atoms with Gasteiger partial charge in [0.2, 0.25) is 0 Å². The number of rotatable bonds is 5. The Morgan fingerprint density at radius 1 is 1.37 bits per heavy atom. The maximum Gasteiger partial charge on any atom is 0.340 e. The average Bonchev–Trinajstić information content (AvgIpc) is 2.84. The third-order valence-corrected chi connectivity index (χ3v) is 2.70. The molecule has 2 rings (SSSR count). The van der Waals surface area contributed by atoms with E-state index in [1.165, 1.54) is 0 Å². The topological polar surface area (TPSA) is 87.8 Å². The van der Waals surface area contributed by atoms with E-state index in [0.717, 1.165) is 5.56 Å². The van der Waals surface area contributed by atoms with Crippen LogP contribution in [0.2, 0.25) is 0 Å². The minimum absolute atomic E-state index is 0.290. The first kappa shape index (κ1) is 13.1. The number of hydrogen-bond acceptors (Lipinski definition) is 4. The van der Waals surface area contributed by atoms with Crippen molar-refractivity contribution in [2.75, 3.05) is 6.61 Å². The van der Waals surface area contributed by atoms with Crippen LogP contribution in [0.1, 0.15) is 24.2 Å². The third-order valence-electron chi connectivity index (χ3n) is 2.70. The van der Waals surface area contributed by atoms with Gasteiger partial charge in [-0.2, -0.15) is 5.10 Å². The van der Waals surface area contributed by atoms with Gasteiger partial charge in [-0.15, -0.1) is 0 Å². The second-order valence-electron chi connectivity index (χ2n) is 4.06. The second-order valence-corrected chi connectivity index (χ2v) is 4.06. The number of aromatic amines is 2. The first-order valence-corrected chi connectivity index (χ1v) is 6.06. The molecule has 6 nitrogen and oxygen atoms in total. The molecule has 0 spiro atoms. The SMILES string of the molecule is CCOC(=O)C(Cc1ccccc1)c1n[nH]c(=O)[nH]1. The van der Waals surface area contributed by atoms with E-state index in [2.05, 4.69) is 15.2 Å². The number of carbonyl (C=O) groups is 1. The average molecular weight is 261 g/mol. The van der Waals surface area contributed by atoms with Gasteiger partial charge < -0.3 is 4.74 Å². The quantitative estimate of drug-likeness (QED) is 0.785. The van der Waals surface area contributed by atoms with Gasteiger partial charge in [0.25, 0.3) is 0 Å². The first-order chi connectivity index (χ1) is 9.20. The van der Waals surface area contributed by atoms with Crippen LogP contribution in [-0.2, 0) is 16.0 Å². The lowest BCUT2D eigenvalue weighted by molar-refractivity contribution is -0.145. The van der Waals surface area contributed by atoms with E-state index in [4.69, 9.17) is 4.74 Å². The lowest BCUT2D eigenvalue weighted by Gasteiger charge is -2.12. The molecule has 0 radical (unpaired) electrons. The molecular formula is C13H15N3O3. The van der Waals surface area contributed by atoms with Crippen molar-refractivity contribution in [3.63, 3.8) is 0 Å². The number of hydrogen-bond donors (Lipinski definition) is 2. The summed E-state index contributed by atoms with van der Waals surface area (Å²) in [5.41, 5.74) is 0.543. The number of aromatic nitrogens is 3. The van der Waals surface area contributed by atoms with Gasteiger partial charge in [-0.25, -0.2) is 9.89 Å². The molecule has 1 aromatic carbocycles. The van der Waals surface area contributed by atoms with Crippen LogP contribution >= 0.6 is 0 Å². The number of ether oxygens (including phenoxy) is 1. The van der Waals surface area contributed by atoms with Crippen molar-refractivity contribution in [1.29, 1.82) is 0 Å². The zero-order valence-corrected chi connectivity index (χ0v) is 10.6. The largest absolute Gasteiger partial charge is 0.465 e. The third kappa shape index (κ3) is 3.31. The van der Waals surface area contributed by atoms with E-state index in [1.807, 2.05) is 30.3 Å². The molecule has 19 heavy (non-hydrogen) atoms. The van der Waals surface area contributed by atoms with Gasteiger partial charge in [-0.1, -0.05) is 30.3 Å². The molecule has 0 saturated heterocycles. The van der Waals surface area contributed by atoms with Gasteiger partial charge in [0.1, 0.15) is 11.7 Å². The second kappa shape index (κ2) is 5.99. The van der Waals surface area contributed by atoms with Gasteiger partial charge in [0.15, 0.2) is 0 Å². The Morgan fingerprint density at radius 2 is 2.11 bits per heavy atom. The van der Waals surface area contributed by atoms with Gasteiger partial charge in [-0.05, 0) is 18.9 Å². The van der Waals surface area contributed by atoms with Crippen molar-refractivity contribution in [2.45, 2.75) is 19.3 Å². The molecule has 6 heteroatoms. The molecule has 0 amide bonds. The van der Waals surface area contributed by atoms with Gasteiger partial charge >= 0.3 is 11.7 Å². The van der Waals surface area contributed by atoms with E-state index in [0.29, 0.717) is 18.9 Å². The smallest absolute Gasteiger partial charge is 0.340 e. The van der Waals surface area contributed by atoms with Crippen molar-refractivity contribution >= 4 is 5.97 Å². The van der Waals surface area contributed by atoms with Crippen molar-refractivity contribution in [1.82, 2.24) is 15.2 Å². The summed E-state index contributed by atoms with van der Waals surface area (Å²) in [4.78, 5) is 25.6. The fourth-order valence-corrected chi connectivity index (χ4v) is 1.83. The van der Waals surface area contributed by atoms with Gasteiger partial charge in [0, 0.05) is 0 Å². The molecule has 0 aliphatic carbocycles. The lowest BCUT2D eigenvalue weighted by atomic mass is 9.99. The molecule has 100 valence electrons. The van der Waals surface area contributed by atoms with Gasteiger partial charge in [0.05, 0.1) is 6.61 Å². The summed E-state index contributed by atoms with van der Waals surface area (Å²) in [7, 11) is 0. The van der Waals surface area contributed by atoms with Crippen LogP contribution in [0.3, 0.4) is 0 Å². The Morgan fingerprint density at radius 3 is 2.68 bits per heavy atom. The summed E-state index contributed by atoms with van der Waals surface area (Å²) in [6.07, 6.45) is 0.431. The first-order valence-electron chi connectivity index (χ1n) is 6.06. The highest BCUT2D eigenvalue weighted by molar-refractivity contribution is 5.77. The lowest BCUT2D eigenvalue weighted by Crippen LogP contribution is -2.20. The minimum atomic E-state index is -0.610. The molecular weight excluding hydrogens is 246 g/mol. The summed E-state index contributed by atoms with van der Waals surface area (Å²) in [5, 5.41) is 6.08. The van der Waals surface area contributed by atoms with Gasteiger partial charge in [-0.3, -0.25) is 9.78 Å². The van der Waals surface area contributed by atoms with Crippen molar-refractivity contribution in [3.05, 3.63) is 52.2 Å². The predicted octanol–water partition coefficient (Wildman–Crippen LogP) is 0.987. The summed E-state index contributed by atoms with van der Waals surface area (Å²) in [6.45, 7) is 2.03. The van der Waals surface area contributed by atoms with Crippen LogP contribution < -0.4 is 5.69 Å². The van der Waals surface area contributed by atoms with Crippen LogP contribution in [0, 0.1) is 0 Å². The van der Waals surface area contributed by atoms with Crippen LogP contribution in [0.25, 0.3) is 0 Å². The molecule has 1 heterocycles. The Labute approximate surface area is 109 Å². The number of nitrogens with one attached hydrogen (secondary N) is 2.